The molecule has 0 saturated carbocycles. The minimum atomic E-state index is -0.825. The van der Waals surface area contributed by atoms with Crippen molar-refractivity contribution in [2.45, 2.75) is 6.92 Å². The summed E-state index contributed by atoms with van der Waals surface area (Å²) in [5.41, 5.74) is 0. The second-order valence-electron chi connectivity index (χ2n) is 4.37. The van der Waals surface area contributed by atoms with Crippen LogP contribution < -0.4 is 10.1 Å². The van der Waals surface area contributed by atoms with Gasteiger partial charge in [0.15, 0.2) is 0 Å². The molecule has 2 N–H and O–H groups in total. The molecule has 5 heteroatoms. The first-order valence-corrected chi connectivity index (χ1v) is 6.01. The average molecular weight is 260 g/mol. The molecule has 2 aromatic rings. The lowest BCUT2D eigenvalue weighted by molar-refractivity contribution is -0.140. The fraction of sp³-hybridized carbons (Fsp3) is 0.286. The van der Waals surface area contributed by atoms with Gasteiger partial charge < -0.3 is 15.2 Å². The van der Waals surface area contributed by atoms with Crippen molar-refractivity contribution < 1.29 is 14.6 Å². The highest BCUT2D eigenvalue weighted by Gasteiger charge is 2.11. The number of pyridine rings is 1. The second-order valence-corrected chi connectivity index (χ2v) is 4.37. The fourth-order valence-corrected chi connectivity index (χ4v) is 1.76. The van der Waals surface area contributed by atoms with E-state index < -0.39 is 11.9 Å². The topological polar surface area (TPSA) is 71.5 Å². The molecule has 0 aliphatic rings. The highest BCUT2D eigenvalue weighted by Crippen LogP contribution is 2.25. The van der Waals surface area contributed by atoms with E-state index >= 15 is 0 Å². The van der Waals surface area contributed by atoms with E-state index in [4.69, 9.17) is 9.84 Å². The predicted octanol–water partition coefficient (Wildman–Crippen LogP) is 2.38. The van der Waals surface area contributed by atoms with Gasteiger partial charge in [-0.3, -0.25) is 4.79 Å². The number of carboxylic acid groups (broad SMARTS) is 1. The zero-order valence-electron chi connectivity index (χ0n) is 10.9. The Balaban J connectivity index is 2.26. The van der Waals surface area contributed by atoms with E-state index in [9.17, 15) is 4.79 Å². The average Bonchev–Trinajstić information content (AvgIpc) is 2.43. The minimum absolute atomic E-state index is 0.341. The Labute approximate surface area is 111 Å². The first-order chi connectivity index (χ1) is 9.11. The van der Waals surface area contributed by atoms with Crippen molar-refractivity contribution in [2.75, 3.05) is 19.0 Å². The lowest BCUT2D eigenvalue weighted by Crippen LogP contribution is -2.20. The van der Waals surface area contributed by atoms with Crippen molar-refractivity contribution in [3.63, 3.8) is 0 Å². The van der Waals surface area contributed by atoms with Gasteiger partial charge >= 0.3 is 5.97 Å². The molecule has 1 heterocycles. The summed E-state index contributed by atoms with van der Waals surface area (Å²) in [4.78, 5) is 15.0. The Kier molecular flexibility index (Phi) is 3.85. The zero-order valence-corrected chi connectivity index (χ0v) is 10.9. The first kappa shape index (κ1) is 13.1. The number of aliphatic carboxylic acids is 1. The van der Waals surface area contributed by atoms with Crippen LogP contribution in [0.2, 0.25) is 0 Å². The van der Waals surface area contributed by atoms with E-state index in [1.807, 2.05) is 24.3 Å². The predicted molar refractivity (Wildman–Crippen MR) is 73.6 cm³/mol. The largest absolute Gasteiger partial charge is 0.497 e. The number of aromatic nitrogens is 1. The van der Waals surface area contributed by atoms with Crippen LogP contribution in [-0.4, -0.2) is 29.7 Å². The van der Waals surface area contributed by atoms with Gasteiger partial charge in [0.1, 0.15) is 11.6 Å². The van der Waals surface area contributed by atoms with Gasteiger partial charge in [0.05, 0.1) is 13.0 Å². The summed E-state index contributed by atoms with van der Waals surface area (Å²) in [5.74, 6) is 0.182. The molecule has 1 unspecified atom stereocenters. The molecule has 0 amide bonds. The highest BCUT2D eigenvalue weighted by atomic mass is 16.5. The SMILES string of the molecule is COc1ccc2c(NCC(C)C(=O)O)nccc2c1. The fourth-order valence-electron chi connectivity index (χ4n) is 1.76. The van der Waals surface area contributed by atoms with Gasteiger partial charge in [-0.1, -0.05) is 6.92 Å². The molecule has 0 saturated heterocycles. The summed E-state index contributed by atoms with van der Waals surface area (Å²) < 4.78 is 5.17. The highest BCUT2D eigenvalue weighted by molar-refractivity contribution is 5.92. The van der Waals surface area contributed by atoms with Crippen molar-refractivity contribution in [3.8, 4) is 5.75 Å². The standard InChI is InChI=1S/C14H16N2O3/c1-9(14(17)18)8-16-13-12-4-3-11(19-2)7-10(12)5-6-15-13/h3-7,9H,8H2,1-2H3,(H,15,16)(H,17,18). The Bertz CT molecular complexity index is 598. The van der Waals surface area contributed by atoms with Crippen LogP contribution in [0, 0.1) is 5.92 Å². The number of nitrogens with zero attached hydrogens (tertiary/aromatic N) is 1. The smallest absolute Gasteiger partial charge is 0.308 e. The van der Waals surface area contributed by atoms with Gasteiger partial charge in [0.25, 0.3) is 0 Å². The maximum atomic E-state index is 10.8. The maximum Gasteiger partial charge on any atom is 0.308 e. The Hall–Kier alpha value is -2.30. The number of rotatable bonds is 5. The summed E-state index contributed by atoms with van der Waals surface area (Å²) in [7, 11) is 1.62. The van der Waals surface area contributed by atoms with Gasteiger partial charge in [-0.25, -0.2) is 4.98 Å². The molecular formula is C14H16N2O3. The van der Waals surface area contributed by atoms with Gasteiger partial charge in [0, 0.05) is 18.1 Å². The minimum Gasteiger partial charge on any atom is -0.497 e. The molecule has 0 radical (unpaired) electrons. The number of fused-ring (bicyclic) bond motifs is 1. The lowest BCUT2D eigenvalue weighted by Gasteiger charge is -2.11. The van der Waals surface area contributed by atoms with Gasteiger partial charge in [-0.15, -0.1) is 0 Å². The molecule has 0 aliphatic heterocycles. The summed E-state index contributed by atoms with van der Waals surface area (Å²) in [6.07, 6.45) is 1.69. The monoisotopic (exact) mass is 260 g/mol. The molecule has 0 spiro atoms. The summed E-state index contributed by atoms with van der Waals surface area (Å²) in [6.45, 7) is 2.00. The number of hydrogen-bond donors (Lipinski definition) is 2. The molecule has 5 nitrogen and oxygen atoms in total. The molecule has 0 bridgehead atoms. The van der Waals surface area contributed by atoms with Crippen molar-refractivity contribution in [3.05, 3.63) is 30.5 Å². The number of anilines is 1. The van der Waals surface area contributed by atoms with Crippen LogP contribution in [0.3, 0.4) is 0 Å². The number of carboxylic acids is 1. The second kappa shape index (κ2) is 5.56. The lowest BCUT2D eigenvalue weighted by atomic mass is 10.1. The maximum absolute atomic E-state index is 10.8. The van der Waals surface area contributed by atoms with Gasteiger partial charge in [-0.2, -0.15) is 0 Å². The van der Waals surface area contributed by atoms with Crippen molar-refractivity contribution in [2.24, 2.45) is 5.92 Å². The normalized spacial score (nSPS) is 12.1. The van der Waals surface area contributed by atoms with E-state index in [0.29, 0.717) is 12.4 Å². The first-order valence-electron chi connectivity index (χ1n) is 6.01. The molecule has 2 rings (SSSR count). The van der Waals surface area contributed by atoms with Crippen LogP contribution in [0.5, 0.6) is 5.75 Å². The molecule has 0 fully saturated rings. The molecule has 1 aromatic carbocycles. The van der Waals surface area contributed by atoms with Crippen LogP contribution >= 0.6 is 0 Å². The number of ether oxygens (including phenoxy) is 1. The molecule has 0 aliphatic carbocycles. The van der Waals surface area contributed by atoms with E-state index in [0.717, 1.165) is 16.5 Å². The summed E-state index contributed by atoms with van der Waals surface area (Å²) >= 11 is 0. The molecular weight excluding hydrogens is 244 g/mol. The van der Waals surface area contributed by atoms with E-state index in [-0.39, 0.29) is 0 Å². The van der Waals surface area contributed by atoms with Crippen molar-refractivity contribution in [1.82, 2.24) is 4.98 Å². The molecule has 1 aromatic heterocycles. The third kappa shape index (κ3) is 2.93. The van der Waals surface area contributed by atoms with Crippen molar-refractivity contribution >= 4 is 22.6 Å². The van der Waals surface area contributed by atoms with Gasteiger partial charge in [0.2, 0.25) is 0 Å². The third-order valence-corrected chi connectivity index (χ3v) is 2.97. The summed E-state index contributed by atoms with van der Waals surface area (Å²) in [5, 5.41) is 13.9. The molecule has 1 atom stereocenters. The van der Waals surface area contributed by atoms with E-state index in [1.165, 1.54) is 0 Å². The number of hydrogen-bond acceptors (Lipinski definition) is 4. The van der Waals surface area contributed by atoms with Crippen molar-refractivity contribution in [1.29, 1.82) is 0 Å². The summed E-state index contributed by atoms with van der Waals surface area (Å²) in [6, 6.07) is 7.58. The van der Waals surface area contributed by atoms with Crippen LogP contribution in [0.1, 0.15) is 6.92 Å². The Morgan fingerprint density at radius 1 is 1.47 bits per heavy atom. The van der Waals surface area contributed by atoms with Crippen LogP contribution in [-0.2, 0) is 4.79 Å². The zero-order chi connectivity index (χ0) is 13.8. The number of benzene rings is 1. The van der Waals surface area contributed by atoms with Gasteiger partial charge in [-0.05, 0) is 29.7 Å². The Morgan fingerprint density at radius 2 is 2.26 bits per heavy atom. The van der Waals surface area contributed by atoms with E-state index in [1.54, 1.807) is 20.2 Å². The molecule has 19 heavy (non-hydrogen) atoms. The number of nitrogens with one attached hydrogen (secondary N) is 1. The number of carbonyl (C=O) groups is 1. The number of methoxy groups -OCH3 is 1. The quantitative estimate of drug-likeness (QED) is 0.863. The van der Waals surface area contributed by atoms with Crippen LogP contribution in [0.4, 0.5) is 5.82 Å². The van der Waals surface area contributed by atoms with E-state index in [2.05, 4.69) is 10.3 Å². The molecule has 100 valence electrons. The van der Waals surface area contributed by atoms with Crippen LogP contribution in [0.25, 0.3) is 10.8 Å². The van der Waals surface area contributed by atoms with Crippen LogP contribution in [0.15, 0.2) is 30.5 Å². The Morgan fingerprint density at radius 3 is 2.95 bits per heavy atom. The third-order valence-electron chi connectivity index (χ3n) is 2.97.